The number of benzene rings is 1. The molecule has 0 aliphatic carbocycles. The highest BCUT2D eigenvalue weighted by molar-refractivity contribution is 5.96. The monoisotopic (exact) mass is 307 g/mol. The number of ether oxygens (including phenoxy) is 1. The van der Waals surface area contributed by atoms with Gasteiger partial charge in [0.05, 0.1) is 18.6 Å². The molecule has 0 spiro atoms. The average molecular weight is 307 g/mol. The van der Waals surface area contributed by atoms with Crippen LogP contribution in [0.1, 0.15) is 37.6 Å². The maximum atomic E-state index is 12.2. The standard InChI is InChI=1S/C16H21NO5/c1-4-22-16(21)12-5-7-13(8-6-12)17(10-9-14(18)19)15(20)11(2)3/h5-8,11H,4,9-10H2,1-3H3,(H,18,19). The van der Waals surface area contributed by atoms with Crippen LogP contribution in [0, 0.1) is 5.92 Å². The van der Waals surface area contributed by atoms with Crippen molar-refractivity contribution in [3.05, 3.63) is 29.8 Å². The molecule has 22 heavy (non-hydrogen) atoms. The summed E-state index contributed by atoms with van der Waals surface area (Å²) in [5, 5.41) is 8.81. The van der Waals surface area contributed by atoms with Gasteiger partial charge in [0.15, 0.2) is 0 Å². The normalized spacial score (nSPS) is 10.4. The summed E-state index contributed by atoms with van der Waals surface area (Å²) >= 11 is 0. The molecule has 0 aromatic heterocycles. The molecular formula is C16H21NO5. The van der Waals surface area contributed by atoms with E-state index in [2.05, 4.69) is 0 Å². The van der Waals surface area contributed by atoms with Crippen molar-refractivity contribution in [1.29, 1.82) is 0 Å². The molecule has 0 saturated heterocycles. The molecule has 0 aliphatic rings. The first kappa shape index (κ1) is 17.7. The number of rotatable bonds is 7. The van der Waals surface area contributed by atoms with Crippen LogP contribution < -0.4 is 4.90 Å². The van der Waals surface area contributed by atoms with E-state index in [1.807, 2.05) is 0 Å². The van der Waals surface area contributed by atoms with Gasteiger partial charge in [-0.3, -0.25) is 9.59 Å². The number of anilines is 1. The highest BCUT2D eigenvalue weighted by Crippen LogP contribution is 2.19. The summed E-state index contributed by atoms with van der Waals surface area (Å²) in [5.41, 5.74) is 0.953. The van der Waals surface area contributed by atoms with Crippen molar-refractivity contribution in [2.24, 2.45) is 5.92 Å². The molecule has 0 heterocycles. The Morgan fingerprint density at radius 1 is 1.18 bits per heavy atom. The van der Waals surface area contributed by atoms with E-state index in [1.54, 1.807) is 45.0 Å². The van der Waals surface area contributed by atoms with Crippen molar-refractivity contribution >= 4 is 23.5 Å². The van der Waals surface area contributed by atoms with Gasteiger partial charge in [0.25, 0.3) is 0 Å². The fourth-order valence-corrected chi connectivity index (χ4v) is 1.88. The van der Waals surface area contributed by atoms with Crippen LogP contribution in [0.2, 0.25) is 0 Å². The minimum Gasteiger partial charge on any atom is -0.481 e. The number of carbonyl (C=O) groups excluding carboxylic acids is 2. The summed E-state index contributed by atoms with van der Waals surface area (Å²) in [6.45, 7) is 5.61. The molecule has 0 bridgehead atoms. The van der Waals surface area contributed by atoms with Crippen LogP contribution >= 0.6 is 0 Å². The first-order chi connectivity index (χ1) is 10.4. The number of carbonyl (C=O) groups is 3. The third kappa shape index (κ3) is 4.87. The van der Waals surface area contributed by atoms with Crippen LogP contribution in [0.15, 0.2) is 24.3 Å². The third-order valence-electron chi connectivity index (χ3n) is 3.00. The highest BCUT2D eigenvalue weighted by atomic mass is 16.5. The van der Waals surface area contributed by atoms with E-state index in [0.717, 1.165) is 0 Å². The van der Waals surface area contributed by atoms with Gasteiger partial charge >= 0.3 is 11.9 Å². The Labute approximate surface area is 129 Å². The first-order valence-corrected chi connectivity index (χ1v) is 7.17. The molecule has 0 unspecified atom stereocenters. The van der Waals surface area contributed by atoms with Crippen molar-refractivity contribution in [2.75, 3.05) is 18.1 Å². The molecule has 120 valence electrons. The fourth-order valence-electron chi connectivity index (χ4n) is 1.88. The maximum Gasteiger partial charge on any atom is 0.338 e. The van der Waals surface area contributed by atoms with Crippen molar-refractivity contribution < 1.29 is 24.2 Å². The lowest BCUT2D eigenvalue weighted by Crippen LogP contribution is -2.36. The van der Waals surface area contributed by atoms with Crippen LogP contribution in [0.5, 0.6) is 0 Å². The lowest BCUT2D eigenvalue weighted by Gasteiger charge is -2.24. The Morgan fingerprint density at radius 2 is 1.77 bits per heavy atom. The topological polar surface area (TPSA) is 83.9 Å². The fraction of sp³-hybridized carbons (Fsp3) is 0.438. The molecule has 6 nitrogen and oxygen atoms in total. The smallest absolute Gasteiger partial charge is 0.338 e. The van der Waals surface area contributed by atoms with Gasteiger partial charge in [-0.25, -0.2) is 4.79 Å². The van der Waals surface area contributed by atoms with Crippen molar-refractivity contribution in [2.45, 2.75) is 27.2 Å². The minimum absolute atomic E-state index is 0.0884. The third-order valence-corrected chi connectivity index (χ3v) is 3.00. The van der Waals surface area contributed by atoms with Crippen LogP contribution in [0.4, 0.5) is 5.69 Å². The molecule has 1 aromatic carbocycles. The Balaban J connectivity index is 2.96. The molecular weight excluding hydrogens is 286 g/mol. The van der Waals surface area contributed by atoms with Gasteiger partial charge in [-0.2, -0.15) is 0 Å². The highest BCUT2D eigenvalue weighted by Gasteiger charge is 2.20. The second kappa shape index (κ2) is 8.17. The number of amides is 1. The zero-order chi connectivity index (χ0) is 16.7. The molecule has 0 fully saturated rings. The van der Waals surface area contributed by atoms with Crippen LogP contribution in [0.25, 0.3) is 0 Å². The second-order valence-corrected chi connectivity index (χ2v) is 5.06. The molecule has 1 N–H and O–H groups in total. The van der Waals surface area contributed by atoms with Crippen molar-refractivity contribution in [3.63, 3.8) is 0 Å². The average Bonchev–Trinajstić information content (AvgIpc) is 2.47. The summed E-state index contributed by atoms with van der Waals surface area (Å²) < 4.78 is 4.90. The number of hydrogen-bond acceptors (Lipinski definition) is 4. The summed E-state index contributed by atoms with van der Waals surface area (Å²) in [5.74, 6) is -1.81. The van der Waals surface area contributed by atoms with E-state index in [4.69, 9.17) is 9.84 Å². The molecule has 1 aromatic rings. The second-order valence-electron chi connectivity index (χ2n) is 5.06. The Bertz CT molecular complexity index is 536. The Morgan fingerprint density at radius 3 is 2.23 bits per heavy atom. The molecule has 0 radical (unpaired) electrons. The predicted octanol–water partition coefficient (Wildman–Crippen LogP) is 2.33. The summed E-state index contributed by atoms with van der Waals surface area (Å²) in [7, 11) is 0. The van der Waals surface area contributed by atoms with Gasteiger partial charge in [0, 0.05) is 18.2 Å². The molecule has 0 aliphatic heterocycles. The minimum atomic E-state index is -0.968. The molecule has 6 heteroatoms. The largest absolute Gasteiger partial charge is 0.481 e. The lowest BCUT2D eigenvalue weighted by molar-refractivity contribution is -0.136. The van der Waals surface area contributed by atoms with E-state index in [-0.39, 0.29) is 31.4 Å². The number of esters is 1. The molecule has 1 rings (SSSR count). The van der Waals surface area contributed by atoms with Crippen LogP contribution in [-0.4, -0.2) is 36.1 Å². The van der Waals surface area contributed by atoms with Gasteiger partial charge < -0.3 is 14.7 Å². The quantitative estimate of drug-likeness (QED) is 0.782. The van der Waals surface area contributed by atoms with E-state index in [0.29, 0.717) is 11.3 Å². The SMILES string of the molecule is CCOC(=O)c1ccc(N(CCC(=O)O)C(=O)C(C)C)cc1. The molecule has 0 saturated carbocycles. The summed E-state index contributed by atoms with van der Waals surface area (Å²) in [6, 6.07) is 6.37. The van der Waals surface area contributed by atoms with Crippen LogP contribution in [0.3, 0.4) is 0 Å². The van der Waals surface area contributed by atoms with Gasteiger partial charge in [-0.15, -0.1) is 0 Å². The molecule has 1 amide bonds. The Kier molecular flexibility index (Phi) is 6.56. The van der Waals surface area contributed by atoms with Gasteiger partial charge in [-0.1, -0.05) is 13.8 Å². The zero-order valence-electron chi connectivity index (χ0n) is 13.0. The van der Waals surface area contributed by atoms with E-state index in [1.165, 1.54) is 4.90 Å². The van der Waals surface area contributed by atoms with E-state index < -0.39 is 11.9 Å². The van der Waals surface area contributed by atoms with Gasteiger partial charge in [0.1, 0.15) is 0 Å². The van der Waals surface area contributed by atoms with Gasteiger partial charge in [0.2, 0.25) is 5.91 Å². The Hall–Kier alpha value is -2.37. The number of nitrogens with zero attached hydrogens (tertiary/aromatic N) is 1. The predicted molar refractivity (Wildman–Crippen MR) is 81.8 cm³/mol. The van der Waals surface area contributed by atoms with E-state index in [9.17, 15) is 14.4 Å². The van der Waals surface area contributed by atoms with Crippen LogP contribution in [-0.2, 0) is 14.3 Å². The number of carboxylic acids is 1. The summed E-state index contributed by atoms with van der Waals surface area (Å²) in [6.07, 6.45) is -0.141. The maximum absolute atomic E-state index is 12.2. The number of carboxylic acid groups (broad SMARTS) is 1. The number of aliphatic carboxylic acids is 1. The number of hydrogen-bond donors (Lipinski definition) is 1. The lowest BCUT2D eigenvalue weighted by atomic mass is 10.1. The molecule has 0 atom stereocenters. The summed E-state index contributed by atoms with van der Waals surface area (Å²) in [4.78, 5) is 36.0. The van der Waals surface area contributed by atoms with Crippen molar-refractivity contribution in [3.8, 4) is 0 Å². The zero-order valence-corrected chi connectivity index (χ0v) is 13.0. The first-order valence-electron chi connectivity index (χ1n) is 7.17. The van der Waals surface area contributed by atoms with Gasteiger partial charge in [-0.05, 0) is 31.2 Å². The van der Waals surface area contributed by atoms with E-state index >= 15 is 0 Å². The van der Waals surface area contributed by atoms with Crippen molar-refractivity contribution in [1.82, 2.24) is 0 Å².